The third-order valence-electron chi connectivity index (χ3n) is 3.13. The predicted octanol–water partition coefficient (Wildman–Crippen LogP) is 3.17. The number of hydrogen-bond acceptors (Lipinski definition) is 1. The molecule has 0 fully saturated rings. The molecule has 1 atom stereocenters. The fourth-order valence-electron chi connectivity index (χ4n) is 2.25. The first-order chi connectivity index (χ1) is 8.22. The van der Waals surface area contributed by atoms with Gasteiger partial charge in [-0.1, -0.05) is 50.3 Å². The Hall–Kier alpha value is -0.890. The normalized spacial score (nSPS) is 24.1. The fourth-order valence-corrected chi connectivity index (χ4v) is 4.90. The van der Waals surface area contributed by atoms with Crippen molar-refractivity contribution in [2.75, 3.05) is 19.6 Å². The van der Waals surface area contributed by atoms with Gasteiger partial charge in [-0.05, 0) is 5.56 Å². The Morgan fingerprint density at radius 2 is 1.88 bits per heavy atom. The molecule has 2 rings (SSSR count). The topological polar surface area (TPSA) is 32.3 Å². The smallest absolute Gasteiger partial charge is 0.243 e. The molecule has 0 aliphatic carbocycles. The molecule has 0 aromatic heterocycles. The van der Waals surface area contributed by atoms with Gasteiger partial charge in [0.15, 0.2) is 0 Å². The molecular formula is C13H19N2OP. The Morgan fingerprint density at radius 1 is 1.24 bits per heavy atom. The van der Waals surface area contributed by atoms with Crippen molar-refractivity contribution in [2.24, 2.45) is 0 Å². The molecule has 1 aliphatic heterocycles. The Morgan fingerprint density at radius 3 is 2.47 bits per heavy atom. The maximum Gasteiger partial charge on any atom is 0.243 e. The highest BCUT2D eigenvalue weighted by Gasteiger charge is 2.36. The second-order valence-electron chi connectivity index (χ2n) is 4.03. The van der Waals surface area contributed by atoms with Crippen LogP contribution in [0, 0.1) is 0 Å². The second-order valence-corrected chi connectivity index (χ2v) is 6.55. The average Bonchev–Trinajstić information content (AvgIpc) is 2.75. The summed E-state index contributed by atoms with van der Waals surface area (Å²) in [6.45, 7) is 6.38. The molecule has 0 saturated heterocycles. The monoisotopic (exact) mass is 250 g/mol. The van der Waals surface area contributed by atoms with Gasteiger partial charge in [0.25, 0.3) is 0 Å². The van der Waals surface area contributed by atoms with Crippen molar-refractivity contribution in [1.82, 2.24) is 9.76 Å². The van der Waals surface area contributed by atoms with Crippen LogP contribution < -0.4 is 5.09 Å². The van der Waals surface area contributed by atoms with E-state index in [0.29, 0.717) is 6.54 Å². The van der Waals surface area contributed by atoms with Gasteiger partial charge < -0.3 is 0 Å². The second kappa shape index (κ2) is 5.18. The van der Waals surface area contributed by atoms with Gasteiger partial charge in [-0.15, -0.1) is 0 Å². The van der Waals surface area contributed by atoms with Crippen LogP contribution in [0.2, 0.25) is 0 Å². The summed E-state index contributed by atoms with van der Waals surface area (Å²) >= 11 is 0. The zero-order valence-electron chi connectivity index (χ0n) is 10.4. The highest BCUT2D eigenvalue weighted by atomic mass is 31.2. The SMILES string of the molecule is CCN(CC)P1(=O)NCC=C1c1ccccc1. The van der Waals surface area contributed by atoms with Crippen LogP contribution in [0.15, 0.2) is 36.4 Å². The minimum Gasteiger partial charge on any atom is -0.284 e. The summed E-state index contributed by atoms with van der Waals surface area (Å²) in [6.07, 6.45) is 2.05. The van der Waals surface area contributed by atoms with E-state index in [1.807, 2.05) is 48.8 Å². The molecule has 0 bridgehead atoms. The van der Waals surface area contributed by atoms with E-state index >= 15 is 0 Å². The summed E-state index contributed by atoms with van der Waals surface area (Å²) in [5.74, 6) is 0. The highest BCUT2D eigenvalue weighted by molar-refractivity contribution is 7.70. The number of hydrogen-bond donors (Lipinski definition) is 1. The summed E-state index contributed by atoms with van der Waals surface area (Å²) < 4.78 is 15.1. The van der Waals surface area contributed by atoms with Gasteiger partial charge in [0.1, 0.15) is 0 Å². The Bertz CT molecular complexity index is 452. The molecule has 1 aromatic carbocycles. The van der Waals surface area contributed by atoms with E-state index < -0.39 is 7.44 Å². The number of nitrogens with one attached hydrogen (secondary N) is 1. The van der Waals surface area contributed by atoms with Gasteiger partial charge in [-0.3, -0.25) is 4.57 Å². The first kappa shape index (κ1) is 12.6. The van der Waals surface area contributed by atoms with E-state index in [0.717, 1.165) is 24.0 Å². The van der Waals surface area contributed by atoms with Crippen LogP contribution in [0.5, 0.6) is 0 Å². The van der Waals surface area contributed by atoms with Crippen LogP contribution in [0.3, 0.4) is 0 Å². The third-order valence-corrected chi connectivity index (χ3v) is 6.19. The van der Waals surface area contributed by atoms with Gasteiger partial charge in [-0.2, -0.15) is 0 Å². The molecule has 92 valence electrons. The zero-order valence-corrected chi connectivity index (χ0v) is 11.3. The number of rotatable bonds is 4. The lowest BCUT2D eigenvalue weighted by molar-refractivity contribution is 0.445. The van der Waals surface area contributed by atoms with E-state index in [4.69, 9.17) is 0 Å². The zero-order chi connectivity index (χ0) is 12.3. The summed E-state index contributed by atoms with van der Waals surface area (Å²) in [5.41, 5.74) is 1.06. The van der Waals surface area contributed by atoms with Gasteiger partial charge in [0.2, 0.25) is 7.44 Å². The molecule has 0 saturated carbocycles. The Labute approximate surface area is 103 Å². The lowest BCUT2D eigenvalue weighted by Crippen LogP contribution is -2.25. The van der Waals surface area contributed by atoms with Gasteiger partial charge in [0.05, 0.1) is 0 Å². The average molecular weight is 250 g/mol. The van der Waals surface area contributed by atoms with E-state index in [2.05, 4.69) is 11.2 Å². The molecule has 4 heteroatoms. The molecule has 1 unspecified atom stereocenters. The lowest BCUT2D eigenvalue weighted by atomic mass is 10.2. The van der Waals surface area contributed by atoms with E-state index in [-0.39, 0.29) is 0 Å². The van der Waals surface area contributed by atoms with E-state index in [9.17, 15) is 4.57 Å². The van der Waals surface area contributed by atoms with Crippen LogP contribution in [-0.4, -0.2) is 24.3 Å². The van der Waals surface area contributed by atoms with E-state index in [1.165, 1.54) is 0 Å². The molecular weight excluding hydrogens is 231 g/mol. The van der Waals surface area contributed by atoms with Crippen LogP contribution in [-0.2, 0) is 4.57 Å². The first-order valence-electron chi connectivity index (χ1n) is 6.09. The maximum atomic E-state index is 13.1. The Balaban J connectivity index is 2.38. The molecule has 0 spiro atoms. The van der Waals surface area contributed by atoms with Crippen molar-refractivity contribution >= 4 is 12.8 Å². The quantitative estimate of drug-likeness (QED) is 0.833. The van der Waals surface area contributed by atoms with Crippen molar-refractivity contribution in [3.8, 4) is 0 Å². The van der Waals surface area contributed by atoms with Crippen molar-refractivity contribution in [1.29, 1.82) is 0 Å². The minimum atomic E-state index is -2.57. The fraction of sp³-hybridized carbons (Fsp3) is 0.385. The molecule has 3 nitrogen and oxygen atoms in total. The molecule has 1 N–H and O–H groups in total. The third kappa shape index (κ3) is 2.23. The number of nitrogens with zero attached hydrogens (tertiary/aromatic N) is 1. The van der Waals surface area contributed by atoms with Gasteiger partial charge in [0, 0.05) is 24.9 Å². The molecule has 0 amide bonds. The van der Waals surface area contributed by atoms with Crippen molar-refractivity contribution in [3.05, 3.63) is 42.0 Å². The highest BCUT2D eigenvalue weighted by Crippen LogP contribution is 2.60. The van der Waals surface area contributed by atoms with Crippen LogP contribution >= 0.6 is 7.44 Å². The van der Waals surface area contributed by atoms with Crippen LogP contribution in [0.25, 0.3) is 5.31 Å². The summed E-state index contributed by atoms with van der Waals surface area (Å²) in [7, 11) is -2.57. The maximum absolute atomic E-state index is 13.1. The minimum absolute atomic E-state index is 0.692. The lowest BCUT2D eigenvalue weighted by Gasteiger charge is -2.28. The van der Waals surface area contributed by atoms with Gasteiger partial charge >= 0.3 is 0 Å². The summed E-state index contributed by atoms with van der Waals surface area (Å²) in [5, 5.41) is 4.13. The van der Waals surface area contributed by atoms with Crippen molar-refractivity contribution in [3.63, 3.8) is 0 Å². The van der Waals surface area contributed by atoms with Crippen LogP contribution in [0.4, 0.5) is 0 Å². The van der Waals surface area contributed by atoms with Gasteiger partial charge in [-0.25, -0.2) is 9.76 Å². The predicted molar refractivity (Wildman–Crippen MR) is 72.9 cm³/mol. The van der Waals surface area contributed by atoms with Crippen molar-refractivity contribution < 1.29 is 4.57 Å². The first-order valence-corrected chi connectivity index (χ1v) is 7.75. The summed E-state index contributed by atoms with van der Waals surface area (Å²) in [4.78, 5) is 0. The summed E-state index contributed by atoms with van der Waals surface area (Å²) in [6, 6.07) is 10.0. The molecule has 17 heavy (non-hydrogen) atoms. The molecule has 0 radical (unpaired) electrons. The Kier molecular flexibility index (Phi) is 3.82. The number of benzene rings is 1. The standard InChI is InChI=1S/C13H19N2OP/c1-3-15(4-2)17(16)13(10-11-14-17)12-8-6-5-7-9-12/h5-10H,3-4,11H2,1-2H3,(H,14,16). The molecule has 1 aromatic rings. The largest absolute Gasteiger partial charge is 0.284 e. The van der Waals surface area contributed by atoms with Crippen molar-refractivity contribution in [2.45, 2.75) is 13.8 Å². The molecule has 1 aliphatic rings. The van der Waals surface area contributed by atoms with E-state index in [1.54, 1.807) is 0 Å². The van der Waals surface area contributed by atoms with Crippen LogP contribution in [0.1, 0.15) is 19.4 Å². The molecule has 1 heterocycles.